The minimum atomic E-state index is -0.752. The first kappa shape index (κ1) is 19.2. The molecule has 0 radical (unpaired) electrons. The van der Waals surface area contributed by atoms with Crippen LogP contribution in [0.15, 0.2) is 6.20 Å². The fourth-order valence-electron chi connectivity index (χ4n) is 4.00. The highest BCUT2D eigenvalue weighted by Crippen LogP contribution is 2.38. The number of fused-ring (bicyclic) bond motifs is 2. The number of ether oxygens (including phenoxy) is 3. The van der Waals surface area contributed by atoms with Crippen LogP contribution in [-0.4, -0.2) is 62.9 Å². The second-order valence-corrected chi connectivity index (χ2v) is 9.16. The van der Waals surface area contributed by atoms with Crippen LogP contribution in [0.1, 0.15) is 47.2 Å². The Bertz CT molecular complexity index is 812. The monoisotopic (exact) mass is 392 g/mol. The quantitative estimate of drug-likeness (QED) is 0.725. The van der Waals surface area contributed by atoms with Gasteiger partial charge in [-0.3, -0.25) is 14.4 Å². The second-order valence-electron chi connectivity index (χ2n) is 9.16. The van der Waals surface area contributed by atoms with E-state index in [1.54, 1.807) is 16.0 Å². The zero-order valence-electron chi connectivity index (χ0n) is 17.3. The lowest BCUT2D eigenvalue weighted by Gasteiger charge is -2.36. The van der Waals surface area contributed by atoms with Gasteiger partial charge in [-0.05, 0) is 41.5 Å². The summed E-state index contributed by atoms with van der Waals surface area (Å²) in [6, 6.07) is -0.0591. The normalized spacial score (nSPS) is 29.1. The lowest BCUT2D eigenvalue weighted by molar-refractivity contribution is -0.157. The number of carbonyl (C=O) groups excluding carboxylic acids is 2. The molecule has 1 unspecified atom stereocenters. The lowest BCUT2D eigenvalue weighted by Crippen LogP contribution is -2.47. The van der Waals surface area contributed by atoms with Gasteiger partial charge in [0.2, 0.25) is 0 Å². The molecule has 154 valence electrons. The van der Waals surface area contributed by atoms with Crippen molar-refractivity contribution >= 4 is 17.7 Å². The van der Waals surface area contributed by atoms with Gasteiger partial charge < -0.3 is 19.1 Å². The summed E-state index contributed by atoms with van der Waals surface area (Å²) < 4.78 is 19.0. The van der Waals surface area contributed by atoms with Crippen LogP contribution in [0.5, 0.6) is 0 Å². The molecule has 2 saturated heterocycles. The number of anilines is 1. The van der Waals surface area contributed by atoms with E-state index in [0.717, 1.165) is 5.69 Å². The highest BCUT2D eigenvalue weighted by molar-refractivity contribution is 6.00. The van der Waals surface area contributed by atoms with Crippen molar-refractivity contribution < 1.29 is 23.8 Å². The number of hydrogen-bond donors (Lipinski definition) is 0. The Kier molecular flexibility index (Phi) is 4.24. The number of aromatic nitrogens is 2. The minimum Gasteiger partial charge on any atom is -0.444 e. The first-order valence-corrected chi connectivity index (χ1v) is 9.66. The maximum Gasteiger partial charge on any atom is 0.410 e. The van der Waals surface area contributed by atoms with Crippen molar-refractivity contribution in [1.82, 2.24) is 14.7 Å². The first-order chi connectivity index (χ1) is 13.0. The zero-order chi connectivity index (χ0) is 20.4. The van der Waals surface area contributed by atoms with Gasteiger partial charge >= 0.3 is 6.09 Å². The average Bonchev–Trinajstić information content (AvgIpc) is 3.16. The fourth-order valence-corrected chi connectivity index (χ4v) is 4.00. The lowest BCUT2D eigenvalue weighted by atomic mass is 10.2. The fraction of sp³-hybridized carbons (Fsp3) is 0.737. The number of carbonyl (C=O) groups is 2. The van der Waals surface area contributed by atoms with Crippen LogP contribution in [0.2, 0.25) is 0 Å². The Hall–Kier alpha value is -2.13. The van der Waals surface area contributed by atoms with Crippen molar-refractivity contribution in [2.75, 3.05) is 11.4 Å². The largest absolute Gasteiger partial charge is 0.444 e. The third-order valence-electron chi connectivity index (χ3n) is 5.19. The smallest absolute Gasteiger partial charge is 0.410 e. The van der Waals surface area contributed by atoms with Crippen molar-refractivity contribution in [3.8, 4) is 0 Å². The Morgan fingerprint density at radius 1 is 1.29 bits per heavy atom. The zero-order valence-corrected chi connectivity index (χ0v) is 17.3. The third kappa shape index (κ3) is 3.26. The molecule has 3 atom stereocenters. The maximum atomic E-state index is 12.9. The van der Waals surface area contributed by atoms with E-state index in [0.29, 0.717) is 25.3 Å². The van der Waals surface area contributed by atoms with E-state index < -0.39 is 17.5 Å². The van der Waals surface area contributed by atoms with Gasteiger partial charge in [-0.2, -0.15) is 5.10 Å². The van der Waals surface area contributed by atoms with E-state index in [4.69, 9.17) is 14.2 Å². The number of amides is 2. The molecular weight excluding hydrogens is 364 g/mol. The molecule has 28 heavy (non-hydrogen) atoms. The molecule has 1 aromatic rings. The number of hydrogen-bond acceptors (Lipinski definition) is 6. The molecule has 2 fully saturated rings. The Balaban J connectivity index is 1.56. The van der Waals surface area contributed by atoms with E-state index in [1.807, 2.05) is 46.2 Å². The molecule has 0 aliphatic carbocycles. The van der Waals surface area contributed by atoms with Crippen LogP contribution in [0.25, 0.3) is 0 Å². The van der Waals surface area contributed by atoms with E-state index >= 15 is 0 Å². The van der Waals surface area contributed by atoms with Crippen molar-refractivity contribution in [2.24, 2.45) is 0 Å². The molecular formula is C19H28N4O5. The van der Waals surface area contributed by atoms with E-state index in [-0.39, 0.29) is 24.1 Å². The van der Waals surface area contributed by atoms with Gasteiger partial charge in [-0.15, -0.1) is 0 Å². The van der Waals surface area contributed by atoms with Crippen LogP contribution >= 0.6 is 0 Å². The van der Waals surface area contributed by atoms with E-state index in [9.17, 15) is 9.59 Å². The molecule has 3 aliphatic rings. The van der Waals surface area contributed by atoms with Gasteiger partial charge in [0.05, 0.1) is 43.3 Å². The molecule has 0 spiro atoms. The predicted molar refractivity (Wildman–Crippen MR) is 99.6 cm³/mol. The van der Waals surface area contributed by atoms with Gasteiger partial charge in [0.1, 0.15) is 11.7 Å². The maximum absolute atomic E-state index is 12.9. The average molecular weight is 392 g/mol. The summed E-state index contributed by atoms with van der Waals surface area (Å²) in [6.07, 6.45) is 0.416. The van der Waals surface area contributed by atoms with E-state index in [2.05, 4.69) is 5.10 Å². The molecule has 0 aromatic carbocycles. The van der Waals surface area contributed by atoms with Crippen molar-refractivity contribution in [3.63, 3.8) is 0 Å². The number of nitrogens with zero attached hydrogens (tertiary/aromatic N) is 4. The summed E-state index contributed by atoms with van der Waals surface area (Å²) in [5.74, 6) is -0.882. The van der Waals surface area contributed by atoms with Gasteiger partial charge in [0.25, 0.3) is 5.91 Å². The first-order valence-electron chi connectivity index (χ1n) is 9.66. The highest BCUT2D eigenvalue weighted by atomic mass is 16.8. The van der Waals surface area contributed by atoms with Crippen LogP contribution in [0.4, 0.5) is 10.5 Å². The predicted octanol–water partition coefficient (Wildman–Crippen LogP) is 1.89. The summed E-state index contributed by atoms with van der Waals surface area (Å²) in [5.41, 5.74) is 0.947. The van der Waals surface area contributed by atoms with Crippen LogP contribution < -0.4 is 4.90 Å². The molecule has 0 N–H and O–H groups in total. The summed E-state index contributed by atoms with van der Waals surface area (Å²) in [5, 5.41) is 4.44. The molecule has 9 heteroatoms. The highest BCUT2D eigenvalue weighted by Gasteiger charge is 2.53. The minimum absolute atomic E-state index is 0.0591. The Morgan fingerprint density at radius 2 is 2.00 bits per heavy atom. The SMILES string of the molecule is CC1Cn2ncc(N3C[C@H]4OC(C)(C)O[C@H]4C3=O)c2CN1C(=O)OC(C)(C)C. The van der Waals surface area contributed by atoms with Crippen LogP contribution in [0.3, 0.4) is 0 Å². The molecule has 0 bridgehead atoms. The summed E-state index contributed by atoms with van der Waals surface area (Å²) in [7, 11) is 0. The molecule has 1 aromatic heterocycles. The molecule has 0 saturated carbocycles. The van der Waals surface area contributed by atoms with Gasteiger partial charge in [-0.1, -0.05) is 0 Å². The summed E-state index contributed by atoms with van der Waals surface area (Å²) >= 11 is 0. The van der Waals surface area contributed by atoms with Gasteiger partial charge in [-0.25, -0.2) is 4.79 Å². The number of rotatable bonds is 1. The topological polar surface area (TPSA) is 86.1 Å². The summed E-state index contributed by atoms with van der Waals surface area (Å²) in [6.45, 7) is 12.4. The van der Waals surface area contributed by atoms with Crippen molar-refractivity contribution in [1.29, 1.82) is 0 Å². The molecule has 4 heterocycles. The Morgan fingerprint density at radius 3 is 2.64 bits per heavy atom. The van der Waals surface area contributed by atoms with Gasteiger partial charge in [0, 0.05) is 0 Å². The molecule has 2 amide bonds. The van der Waals surface area contributed by atoms with Crippen LogP contribution in [0, 0.1) is 0 Å². The van der Waals surface area contributed by atoms with Crippen LogP contribution in [-0.2, 0) is 32.1 Å². The standard InChI is InChI=1S/C19H28N4O5/c1-11-8-23-13(9-21(11)17(25)28-18(2,3)4)12(7-20-23)22-10-14-15(16(22)24)27-19(5,6)26-14/h7,11,14-15H,8-10H2,1-6H3/t11?,14-,15-/m1/s1. The van der Waals surface area contributed by atoms with Crippen molar-refractivity contribution in [2.45, 2.75) is 84.3 Å². The van der Waals surface area contributed by atoms with Gasteiger partial charge in [0.15, 0.2) is 11.9 Å². The summed E-state index contributed by atoms with van der Waals surface area (Å²) in [4.78, 5) is 28.9. The Labute approximate surface area is 164 Å². The molecule has 4 rings (SSSR count). The second kappa shape index (κ2) is 6.18. The third-order valence-corrected chi connectivity index (χ3v) is 5.19. The molecule has 3 aliphatic heterocycles. The van der Waals surface area contributed by atoms with Crippen molar-refractivity contribution in [3.05, 3.63) is 11.9 Å². The molecule has 9 nitrogen and oxygen atoms in total. The van der Waals surface area contributed by atoms with E-state index in [1.165, 1.54) is 0 Å².